The van der Waals surface area contributed by atoms with Crippen LogP contribution in [0.5, 0.6) is 0 Å². The molecule has 0 radical (unpaired) electrons. The maximum absolute atomic E-state index is 13.2. The molecule has 0 heterocycles. The third kappa shape index (κ3) is 7.24. The molecule has 0 fully saturated rings. The van der Waals surface area contributed by atoms with E-state index in [9.17, 15) is 35.9 Å². The molecule has 5 nitrogen and oxygen atoms in total. The number of amides is 3. The van der Waals surface area contributed by atoms with Crippen LogP contribution in [0, 0.1) is 0 Å². The SMILES string of the molecule is O=C(NCCCN(C(=O)Nc1cccc(C(F)(F)F)c1)c1cccc(C(F)(F)F)c1)c1ccccc1. The molecule has 2 N–H and O–H groups in total. The van der Waals surface area contributed by atoms with Crippen molar-refractivity contribution >= 4 is 23.3 Å². The average molecular weight is 509 g/mol. The molecule has 0 aliphatic rings. The van der Waals surface area contributed by atoms with Crippen molar-refractivity contribution in [3.05, 3.63) is 95.6 Å². The van der Waals surface area contributed by atoms with Crippen LogP contribution in [-0.2, 0) is 12.4 Å². The van der Waals surface area contributed by atoms with Crippen LogP contribution >= 0.6 is 0 Å². The fourth-order valence-electron chi connectivity index (χ4n) is 3.29. The van der Waals surface area contributed by atoms with Crippen LogP contribution in [0.25, 0.3) is 0 Å². The maximum Gasteiger partial charge on any atom is 0.416 e. The van der Waals surface area contributed by atoms with E-state index in [1.165, 1.54) is 12.1 Å². The van der Waals surface area contributed by atoms with Crippen molar-refractivity contribution in [1.82, 2.24) is 5.32 Å². The molecule has 0 unspecified atom stereocenters. The van der Waals surface area contributed by atoms with E-state index in [-0.39, 0.29) is 36.8 Å². The zero-order valence-electron chi connectivity index (χ0n) is 18.7. The van der Waals surface area contributed by atoms with Gasteiger partial charge in [-0.1, -0.05) is 30.3 Å². The molecule has 0 bridgehead atoms. The molecule has 3 rings (SSSR count). The van der Waals surface area contributed by atoms with E-state index in [2.05, 4.69) is 10.6 Å². The number of nitrogens with zero attached hydrogens (tertiary/aromatic N) is 1. The van der Waals surface area contributed by atoms with Gasteiger partial charge < -0.3 is 10.6 Å². The van der Waals surface area contributed by atoms with Gasteiger partial charge in [0.25, 0.3) is 5.91 Å². The molecule has 3 amide bonds. The second kappa shape index (κ2) is 11.1. The van der Waals surface area contributed by atoms with Crippen LogP contribution in [0.3, 0.4) is 0 Å². The van der Waals surface area contributed by atoms with Gasteiger partial charge in [0.05, 0.1) is 11.1 Å². The van der Waals surface area contributed by atoms with Crippen LogP contribution in [0.15, 0.2) is 78.9 Å². The standard InChI is InChI=1S/C25H21F6N3O2/c26-24(27,28)18-9-4-11-20(15-18)33-23(36)34(21-12-5-10-19(16-21)25(29,30)31)14-6-13-32-22(35)17-7-2-1-3-8-17/h1-5,7-12,15-16H,6,13-14H2,(H,32,35)(H,33,36). The first-order valence-electron chi connectivity index (χ1n) is 10.7. The highest BCUT2D eigenvalue weighted by Gasteiger charge is 2.32. The highest BCUT2D eigenvalue weighted by atomic mass is 19.4. The Morgan fingerprint density at radius 3 is 2.00 bits per heavy atom. The minimum absolute atomic E-state index is 0.0973. The second-order valence-corrected chi connectivity index (χ2v) is 7.68. The topological polar surface area (TPSA) is 61.4 Å². The Labute approximate surface area is 202 Å². The summed E-state index contributed by atoms with van der Waals surface area (Å²) in [5.74, 6) is -0.366. The van der Waals surface area contributed by atoms with E-state index in [0.29, 0.717) is 5.56 Å². The van der Waals surface area contributed by atoms with Gasteiger partial charge in [-0.15, -0.1) is 0 Å². The molecular weight excluding hydrogens is 488 g/mol. The van der Waals surface area contributed by atoms with Gasteiger partial charge in [-0.25, -0.2) is 4.79 Å². The number of rotatable bonds is 7. The lowest BCUT2D eigenvalue weighted by molar-refractivity contribution is -0.138. The summed E-state index contributed by atoms with van der Waals surface area (Å²) in [7, 11) is 0. The fraction of sp³-hybridized carbons (Fsp3) is 0.200. The minimum Gasteiger partial charge on any atom is -0.352 e. The van der Waals surface area contributed by atoms with Gasteiger partial charge in [-0.05, 0) is 55.0 Å². The third-order valence-corrected chi connectivity index (χ3v) is 5.05. The van der Waals surface area contributed by atoms with Crippen molar-refractivity contribution in [3.8, 4) is 0 Å². The van der Waals surface area contributed by atoms with E-state index in [1.807, 2.05) is 0 Å². The van der Waals surface area contributed by atoms with Crippen molar-refractivity contribution in [2.75, 3.05) is 23.3 Å². The first-order valence-corrected chi connectivity index (χ1v) is 10.7. The summed E-state index contributed by atoms with van der Waals surface area (Å²) >= 11 is 0. The molecule has 0 spiro atoms. The molecule has 0 saturated carbocycles. The Kier molecular flexibility index (Phi) is 8.23. The highest BCUT2D eigenvalue weighted by Crippen LogP contribution is 2.33. The summed E-state index contributed by atoms with van der Waals surface area (Å²) in [5.41, 5.74) is -1.86. The molecule has 0 saturated heterocycles. The summed E-state index contributed by atoms with van der Waals surface area (Å²) in [6, 6.07) is 15.3. The van der Waals surface area contributed by atoms with Gasteiger partial charge in [0.15, 0.2) is 0 Å². The van der Waals surface area contributed by atoms with Crippen molar-refractivity contribution < 1.29 is 35.9 Å². The van der Waals surface area contributed by atoms with Crippen LogP contribution in [0.2, 0.25) is 0 Å². The molecule has 0 aliphatic heterocycles. The number of benzene rings is 3. The number of carbonyl (C=O) groups excluding carboxylic acids is 2. The number of hydrogen-bond acceptors (Lipinski definition) is 2. The number of carbonyl (C=O) groups is 2. The van der Waals surface area contributed by atoms with Gasteiger partial charge in [0, 0.05) is 30.0 Å². The van der Waals surface area contributed by atoms with Crippen LogP contribution in [0.4, 0.5) is 42.5 Å². The predicted octanol–water partition coefficient (Wildman–Crippen LogP) is 6.58. The van der Waals surface area contributed by atoms with Crippen LogP contribution < -0.4 is 15.5 Å². The summed E-state index contributed by atoms with van der Waals surface area (Å²) < 4.78 is 78.7. The molecule has 0 atom stereocenters. The van der Waals surface area contributed by atoms with Crippen molar-refractivity contribution in [3.63, 3.8) is 0 Å². The lowest BCUT2D eigenvalue weighted by atomic mass is 10.1. The summed E-state index contributed by atoms with van der Waals surface area (Å²) in [6.07, 6.45) is -9.15. The first kappa shape index (κ1) is 26.6. The number of urea groups is 1. The van der Waals surface area contributed by atoms with E-state index >= 15 is 0 Å². The molecule has 11 heteroatoms. The lowest BCUT2D eigenvalue weighted by Crippen LogP contribution is -2.37. The number of anilines is 2. The Bertz CT molecular complexity index is 1200. The van der Waals surface area contributed by atoms with Gasteiger partial charge in [0.2, 0.25) is 0 Å². The van der Waals surface area contributed by atoms with Gasteiger partial charge in [0.1, 0.15) is 0 Å². The number of halogens is 6. The molecule has 190 valence electrons. The van der Waals surface area contributed by atoms with E-state index in [0.717, 1.165) is 41.3 Å². The van der Waals surface area contributed by atoms with Crippen molar-refractivity contribution in [2.45, 2.75) is 18.8 Å². The van der Waals surface area contributed by atoms with Gasteiger partial charge in [-0.3, -0.25) is 9.69 Å². The first-order chi connectivity index (χ1) is 16.9. The van der Waals surface area contributed by atoms with Crippen molar-refractivity contribution in [1.29, 1.82) is 0 Å². The van der Waals surface area contributed by atoms with E-state index < -0.39 is 29.5 Å². The van der Waals surface area contributed by atoms with Crippen molar-refractivity contribution in [2.24, 2.45) is 0 Å². The normalized spacial score (nSPS) is 11.6. The number of hydrogen-bond donors (Lipinski definition) is 2. The molecule has 3 aromatic carbocycles. The van der Waals surface area contributed by atoms with Crippen LogP contribution in [0.1, 0.15) is 27.9 Å². The Morgan fingerprint density at radius 2 is 1.36 bits per heavy atom. The molecular formula is C25H21F6N3O2. The van der Waals surface area contributed by atoms with Gasteiger partial charge in [-0.2, -0.15) is 26.3 Å². The van der Waals surface area contributed by atoms with E-state index in [1.54, 1.807) is 30.3 Å². The zero-order chi connectivity index (χ0) is 26.3. The Balaban J connectivity index is 1.76. The highest BCUT2D eigenvalue weighted by molar-refractivity contribution is 6.01. The largest absolute Gasteiger partial charge is 0.416 e. The Morgan fingerprint density at radius 1 is 0.750 bits per heavy atom. The summed E-state index contributed by atoms with van der Waals surface area (Å²) in [5, 5.41) is 4.96. The zero-order valence-corrected chi connectivity index (χ0v) is 18.7. The number of nitrogens with one attached hydrogen (secondary N) is 2. The lowest BCUT2D eigenvalue weighted by Gasteiger charge is -2.24. The van der Waals surface area contributed by atoms with E-state index in [4.69, 9.17) is 0 Å². The monoisotopic (exact) mass is 509 g/mol. The fourth-order valence-corrected chi connectivity index (χ4v) is 3.29. The smallest absolute Gasteiger partial charge is 0.352 e. The molecule has 0 aliphatic carbocycles. The Hall–Kier alpha value is -4.02. The molecule has 3 aromatic rings. The molecule has 36 heavy (non-hydrogen) atoms. The number of alkyl halides is 6. The third-order valence-electron chi connectivity index (χ3n) is 5.05. The average Bonchev–Trinajstić information content (AvgIpc) is 2.83. The predicted molar refractivity (Wildman–Crippen MR) is 123 cm³/mol. The molecule has 0 aromatic heterocycles. The van der Waals surface area contributed by atoms with Crippen LogP contribution in [-0.4, -0.2) is 25.0 Å². The van der Waals surface area contributed by atoms with Gasteiger partial charge >= 0.3 is 18.4 Å². The summed E-state index contributed by atoms with van der Waals surface area (Å²) in [4.78, 5) is 26.1. The summed E-state index contributed by atoms with van der Waals surface area (Å²) in [6.45, 7) is -0.0266. The quantitative estimate of drug-likeness (QED) is 0.279. The minimum atomic E-state index is -4.66. The maximum atomic E-state index is 13.2. The second-order valence-electron chi connectivity index (χ2n) is 7.68.